The van der Waals surface area contributed by atoms with Crippen molar-refractivity contribution in [3.05, 3.63) is 64.7 Å². The van der Waals surface area contributed by atoms with Crippen LogP contribution in [0.15, 0.2) is 53.4 Å². The van der Waals surface area contributed by atoms with E-state index in [1.807, 2.05) is 31.2 Å². The molecular weight excluding hydrogens is 361 g/mol. The van der Waals surface area contributed by atoms with Gasteiger partial charge in [-0.05, 0) is 43.3 Å². The molecule has 2 rings (SSSR count). The number of halogens is 3. The minimum atomic E-state index is -0.741. The van der Waals surface area contributed by atoms with E-state index in [1.165, 1.54) is 11.8 Å². The maximum atomic E-state index is 12.3. The molecule has 2 nitrogen and oxygen atoms in total. The molecule has 0 aliphatic carbocycles. The minimum absolute atomic E-state index is 0.210. The molecule has 0 saturated heterocycles. The first-order valence-electron chi connectivity index (χ1n) is 6.53. The van der Waals surface area contributed by atoms with Crippen LogP contribution in [0, 0.1) is 6.92 Å². The zero-order chi connectivity index (χ0) is 16.1. The van der Waals surface area contributed by atoms with E-state index in [-0.39, 0.29) is 5.91 Å². The van der Waals surface area contributed by atoms with E-state index in [9.17, 15) is 4.79 Å². The second-order valence-electron chi connectivity index (χ2n) is 4.67. The first-order valence-corrected chi connectivity index (χ1v) is 8.66. The summed E-state index contributed by atoms with van der Waals surface area (Å²) < 4.78 is 0. The Balaban J connectivity index is 2.06. The van der Waals surface area contributed by atoms with E-state index < -0.39 is 10.2 Å². The molecule has 1 atom stereocenters. The topological polar surface area (TPSA) is 29.1 Å². The number of thioether (sulfide) groups is 1. The zero-order valence-electron chi connectivity index (χ0n) is 11.7. The molecule has 0 saturated carbocycles. The van der Waals surface area contributed by atoms with Crippen LogP contribution in [0.4, 0.5) is 0 Å². The van der Waals surface area contributed by atoms with Crippen molar-refractivity contribution in [1.82, 2.24) is 5.32 Å². The maximum Gasteiger partial charge on any atom is 0.252 e. The Morgan fingerprint density at radius 1 is 1.05 bits per heavy atom. The molecule has 0 aromatic heterocycles. The molecule has 0 bridgehead atoms. The van der Waals surface area contributed by atoms with Crippen LogP contribution in [0.3, 0.4) is 0 Å². The lowest BCUT2D eigenvalue weighted by molar-refractivity contribution is 0.0951. The van der Waals surface area contributed by atoms with Crippen molar-refractivity contribution in [2.75, 3.05) is 0 Å². The van der Waals surface area contributed by atoms with E-state index in [0.717, 1.165) is 10.5 Å². The highest BCUT2D eigenvalue weighted by atomic mass is 35.5. The van der Waals surface area contributed by atoms with Gasteiger partial charge in [-0.3, -0.25) is 4.79 Å². The van der Waals surface area contributed by atoms with Gasteiger partial charge in [0.15, 0.2) is 0 Å². The Morgan fingerprint density at radius 2 is 1.64 bits per heavy atom. The van der Waals surface area contributed by atoms with Crippen molar-refractivity contribution >= 4 is 52.5 Å². The quantitative estimate of drug-likeness (QED) is 0.437. The number of alkyl halides is 2. The number of hydrogen-bond acceptors (Lipinski definition) is 2. The molecule has 2 aromatic carbocycles. The van der Waals surface area contributed by atoms with Crippen LogP contribution in [0.2, 0.25) is 5.02 Å². The highest BCUT2D eigenvalue weighted by Crippen LogP contribution is 2.29. The monoisotopic (exact) mass is 373 g/mol. The fraction of sp³-hybridized carbons (Fsp3) is 0.188. The Bertz CT molecular complexity index is 629. The van der Waals surface area contributed by atoms with Crippen LogP contribution < -0.4 is 5.32 Å². The summed E-state index contributed by atoms with van der Waals surface area (Å²) in [6, 6.07) is 14.6. The molecule has 0 spiro atoms. The summed E-state index contributed by atoms with van der Waals surface area (Å²) in [7, 11) is 0. The van der Waals surface area contributed by atoms with E-state index in [0.29, 0.717) is 10.6 Å². The Hall–Kier alpha value is -0.870. The van der Waals surface area contributed by atoms with Crippen molar-refractivity contribution in [3.8, 4) is 0 Å². The van der Waals surface area contributed by atoms with Crippen molar-refractivity contribution in [3.63, 3.8) is 0 Å². The molecule has 0 aliphatic rings. The van der Waals surface area contributed by atoms with E-state index in [2.05, 4.69) is 5.32 Å². The summed E-state index contributed by atoms with van der Waals surface area (Å²) in [5.41, 5.74) is 1.66. The van der Waals surface area contributed by atoms with Gasteiger partial charge >= 0.3 is 0 Å². The van der Waals surface area contributed by atoms with Crippen LogP contribution in [0.1, 0.15) is 15.9 Å². The van der Waals surface area contributed by atoms with Gasteiger partial charge in [-0.1, -0.05) is 41.1 Å². The molecule has 1 amide bonds. The average Bonchev–Trinajstić information content (AvgIpc) is 2.49. The minimum Gasteiger partial charge on any atom is -0.337 e. The summed E-state index contributed by atoms with van der Waals surface area (Å²) in [6.07, 6.45) is 0. The SMILES string of the molecule is Cc1ccc(C(=O)N[C@@H](Sc2ccc(Cl)cc2)C(Cl)Cl)cc1. The highest BCUT2D eigenvalue weighted by molar-refractivity contribution is 8.00. The molecule has 0 radical (unpaired) electrons. The second-order valence-corrected chi connectivity index (χ2v) is 7.48. The molecule has 0 fully saturated rings. The van der Waals surface area contributed by atoms with Gasteiger partial charge in [0.25, 0.3) is 5.91 Å². The molecule has 0 aliphatic heterocycles. The normalized spacial score (nSPS) is 12.2. The summed E-state index contributed by atoms with van der Waals surface area (Å²) in [5.74, 6) is -0.210. The van der Waals surface area contributed by atoms with Crippen molar-refractivity contribution in [2.45, 2.75) is 22.0 Å². The molecule has 22 heavy (non-hydrogen) atoms. The highest BCUT2D eigenvalue weighted by Gasteiger charge is 2.21. The molecule has 1 N–H and O–H groups in total. The maximum absolute atomic E-state index is 12.3. The fourth-order valence-electron chi connectivity index (χ4n) is 1.72. The van der Waals surface area contributed by atoms with Gasteiger partial charge < -0.3 is 5.32 Å². The number of nitrogens with one attached hydrogen (secondary N) is 1. The summed E-state index contributed by atoms with van der Waals surface area (Å²) >= 11 is 19.2. The predicted molar refractivity (Wildman–Crippen MR) is 95.2 cm³/mol. The van der Waals surface area contributed by atoms with Crippen molar-refractivity contribution in [1.29, 1.82) is 0 Å². The Morgan fingerprint density at radius 3 is 2.18 bits per heavy atom. The van der Waals surface area contributed by atoms with Gasteiger partial charge in [0.2, 0.25) is 0 Å². The van der Waals surface area contributed by atoms with Crippen molar-refractivity contribution in [2.24, 2.45) is 0 Å². The smallest absolute Gasteiger partial charge is 0.252 e. The lowest BCUT2D eigenvalue weighted by atomic mass is 10.1. The fourth-order valence-corrected chi connectivity index (χ4v) is 3.14. The van der Waals surface area contributed by atoms with Crippen molar-refractivity contribution < 1.29 is 4.79 Å². The van der Waals surface area contributed by atoms with Crippen LogP contribution in [0.5, 0.6) is 0 Å². The average molecular weight is 375 g/mol. The van der Waals surface area contributed by atoms with Gasteiger partial charge in [-0.25, -0.2) is 0 Å². The lowest BCUT2D eigenvalue weighted by Crippen LogP contribution is -2.36. The lowest BCUT2D eigenvalue weighted by Gasteiger charge is -2.19. The molecule has 0 heterocycles. The summed E-state index contributed by atoms with van der Waals surface area (Å²) in [5, 5.41) is 3.03. The van der Waals surface area contributed by atoms with E-state index in [4.69, 9.17) is 34.8 Å². The number of aryl methyl sites for hydroxylation is 1. The van der Waals surface area contributed by atoms with Gasteiger partial charge in [0, 0.05) is 15.5 Å². The standard InChI is InChI=1S/C16H14Cl3NOS/c1-10-2-4-11(5-3-10)15(21)20-16(14(18)19)22-13-8-6-12(17)7-9-13/h2-9,14,16H,1H3,(H,20,21)/t16-/m0/s1. The third-order valence-corrected chi connectivity index (χ3v) is 5.14. The first kappa shape index (κ1) is 17.5. The molecule has 0 unspecified atom stereocenters. The first-order chi connectivity index (χ1) is 10.5. The Labute approximate surface area is 149 Å². The molecule has 2 aromatic rings. The second kappa shape index (κ2) is 8.11. The van der Waals surface area contributed by atoms with Gasteiger partial charge in [0.05, 0.1) is 0 Å². The van der Waals surface area contributed by atoms with Crippen LogP contribution >= 0.6 is 46.6 Å². The van der Waals surface area contributed by atoms with Gasteiger partial charge in [0.1, 0.15) is 10.2 Å². The number of amides is 1. The summed E-state index contributed by atoms with van der Waals surface area (Å²) in [6.45, 7) is 1.97. The molecule has 116 valence electrons. The zero-order valence-corrected chi connectivity index (χ0v) is 14.8. The van der Waals surface area contributed by atoms with Crippen LogP contribution in [0.25, 0.3) is 0 Å². The predicted octanol–water partition coefficient (Wildman–Crippen LogP) is 5.30. The number of rotatable bonds is 5. The van der Waals surface area contributed by atoms with Gasteiger partial charge in [-0.2, -0.15) is 0 Å². The van der Waals surface area contributed by atoms with Gasteiger partial charge in [-0.15, -0.1) is 23.2 Å². The number of benzene rings is 2. The summed E-state index contributed by atoms with van der Waals surface area (Å²) in [4.78, 5) is 12.4. The van der Waals surface area contributed by atoms with Crippen LogP contribution in [-0.2, 0) is 0 Å². The third kappa shape index (κ3) is 5.10. The molecular formula is C16H14Cl3NOS. The van der Waals surface area contributed by atoms with E-state index >= 15 is 0 Å². The van der Waals surface area contributed by atoms with E-state index in [1.54, 1.807) is 24.3 Å². The number of carbonyl (C=O) groups is 1. The number of hydrogen-bond donors (Lipinski definition) is 1. The third-order valence-electron chi connectivity index (χ3n) is 2.89. The molecule has 6 heteroatoms. The Kier molecular flexibility index (Phi) is 6.45. The largest absolute Gasteiger partial charge is 0.337 e. The van der Waals surface area contributed by atoms with Crippen LogP contribution in [-0.4, -0.2) is 16.1 Å². The number of carbonyl (C=O) groups excluding carboxylic acids is 1.